The molecule has 0 saturated carbocycles. The standard InChI is InChI=1S/C8H12BrN3O/c1-5(2)3-10-8(13)7-6(9)4-11-12-7/h4-5H,3H2,1-2H3,(H,10,13)(H,11,12). The van der Waals surface area contributed by atoms with Gasteiger partial charge in [-0.25, -0.2) is 0 Å². The zero-order valence-corrected chi connectivity index (χ0v) is 9.18. The number of halogens is 1. The molecule has 0 unspecified atom stereocenters. The molecule has 4 nitrogen and oxygen atoms in total. The van der Waals surface area contributed by atoms with Gasteiger partial charge < -0.3 is 5.32 Å². The van der Waals surface area contributed by atoms with Gasteiger partial charge in [0.15, 0.2) is 0 Å². The monoisotopic (exact) mass is 245 g/mol. The van der Waals surface area contributed by atoms with Crippen molar-refractivity contribution in [1.29, 1.82) is 0 Å². The van der Waals surface area contributed by atoms with Gasteiger partial charge in [0.25, 0.3) is 5.91 Å². The maximum atomic E-state index is 11.4. The molecule has 1 rings (SSSR count). The fourth-order valence-corrected chi connectivity index (χ4v) is 1.19. The Morgan fingerprint density at radius 3 is 2.92 bits per heavy atom. The summed E-state index contributed by atoms with van der Waals surface area (Å²) in [4.78, 5) is 11.4. The van der Waals surface area contributed by atoms with Crippen LogP contribution in [-0.4, -0.2) is 22.6 Å². The summed E-state index contributed by atoms with van der Waals surface area (Å²) < 4.78 is 0.689. The van der Waals surface area contributed by atoms with E-state index in [1.807, 2.05) is 13.8 Å². The smallest absolute Gasteiger partial charge is 0.270 e. The molecule has 5 heteroatoms. The van der Waals surface area contributed by atoms with Crippen LogP contribution in [0.15, 0.2) is 10.7 Å². The second kappa shape index (κ2) is 4.41. The zero-order chi connectivity index (χ0) is 9.84. The summed E-state index contributed by atoms with van der Waals surface area (Å²) in [6.07, 6.45) is 1.56. The Balaban J connectivity index is 2.54. The summed E-state index contributed by atoms with van der Waals surface area (Å²) in [5, 5.41) is 9.14. The average molecular weight is 246 g/mol. The Kier molecular flexibility index (Phi) is 3.48. The normalized spacial score (nSPS) is 10.5. The Hall–Kier alpha value is -0.840. The number of nitrogens with one attached hydrogen (secondary N) is 2. The predicted molar refractivity (Wildman–Crippen MR) is 53.5 cm³/mol. The molecule has 0 aliphatic carbocycles. The Bertz CT molecular complexity index is 295. The molecule has 0 radical (unpaired) electrons. The van der Waals surface area contributed by atoms with E-state index >= 15 is 0 Å². The van der Waals surface area contributed by atoms with Gasteiger partial charge in [-0.2, -0.15) is 5.10 Å². The molecule has 72 valence electrons. The van der Waals surface area contributed by atoms with Crippen molar-refractivity contribution in [1.82, 2.24) is 15.5 Å². The third-order valence-corrected chi connectivity index (χ3v) is 2.09. The van der Waals surface area contributed by atoms with E-state index in [-0.39, 0.29) is 5.91 Å². The van der Waals surface area contributed by atoms with Crippen molar-refractivity contribution in [3.05, 3.63) is 16.4 Å². The van der Waals surface area contributed by atoms with Crippen molar-refractivity contribution in [2.75, 3.05) is 6.54 Å². The SMILES string of the molecule is CC(C)CNC(=O)c1[nH]ncc1Br. The predicted octanol–water partition coefficient (Wildman–Crippen LogP) is 1.56. The Morgan fingerprint density at radius 1 is 1.77 bits per heavy atom. The molecule has 0 bridgehead atoms. The van der Waals surface area contributed by atoms with Crippen molar-refractivity contribution in [3.8, 4) is 0 Å². The Labute approximate surface area is 85.2 Å². The van der Waals surface area contributed by atoms with Crippen molar-refractivity contribution in [2.24, 2.45) is 5.92 Å². The highest BCUT2D eigenvalue weighted by Gasteiger charge is 2.11. The van der Waals surface area contributed by atoms with Crippen LogP contribution in [0, 0.1) is 5.92 Å². The largest absolute Gasteiger partial charge is 0.350 e. The van der Waals surface area contributed by atoms with Crippen LogP contribution in [0.5, 0.6) is 0 Å². The molecule has 0 fully saturated rings. The molecule has 0 atom stereocenters. The van der Waals surface area contributed by atoms with Gasteiger partial charge in [-0.15, -0.1) is 0 Å². The summed E-state index contributed by atoms with van der Waals surface area (Å²) in [6.45, 7) is 4.76. The molecule has 13 heavy (non-hydrogen) atoms. The van der Waals surface area contributed by atoms with Gasteiger partial charge in [0, 0.05) is 6.54 Å². The summed E-state index contributed by atoms with van der Waals surface area (Å²) in [7, 11) is 0. The minimum absolute atomic E-state index is 0.127. The summed E-state index contributed by atoms with van der Waals surface area (Å²) >= 11 is 3.22. The lowest BCUT2D eigenvalue weighted by Gasteiger charge is -2.05. The fourth-order valence-electron chi connectivity index (χ4n) is 0.816. The van der Waals surface area contributed by atoms with Gasteiger partial charge >= 0.3 is 0 Å². The van der Waals surface area contributed by atoms with E-state index in [1.165, 1.54) is 0 Å². The highest BCUT2D eigenvalue weighted by Crippen LogP contribution is 2.11. The maximum absolute atomic E-state index is 11.4. The van der Waals surface area contributed by atoms with E-state index in [0.717, 1.165) is 0 Å². The minimum Gasteiger partial charge on any atom is -0.350 e. The van der Waals surface area contributed by atoms with Crippen LogP contribution in [0.1, 0.15) is 24.3 Å². The molecule has 0 aromatic carbocycles. The number of rotatable bonds is 3. The number of amides is 1. The lowest BCUT2D eigenvalue weighted by atomic mass is 10.2. The van der Waals surface area contributed by atoms with E-state index in [4.69, 9.17) is 0 Å². The van der Waals surface area contributed by atoms with Crippen LogP contribution >= 0.6 is 15.9 Å². The molecule has 2 N–H and O–H groups in total. The van der Waals surface area contributed by atoms with Gasteiger partial charge in [0.05, 0.1) is 10.7 Å². The number of nitrogens with zero attached hydrogens (tertiary/aromatic N) is 1. The average Bonchev–Trinajstić information content (AvgIpc) is 2.47. The second-order valence-corrected chi connectivity index (χ2v) is 4.05. The summed E-state index contributed by atoms with van der Waals surface area (Å²) in [6, 6.07) is 0. The maximum Gasteiger partial charge on any atom is 0.270 e. The molecule has 1 aromatic heterocycles. The van der Waals surface area contributed by atoms with E-state index in [1.54, 1.807) is 6.20 Å². The van der Waals surface area contributed by atoms with E-state index in [0.29, 0.717) is 22.6 Å². The van der Waals surface area contributed by atoms with E-state index in [9.17, 15) is 4.79 Å². The third kappa shape index (κ3) is 2.84. The van der Waals surface area contributed by atoms with Crippen molar-refractivity contribution in [3.63, 3.8) is 0 Å². The van der Waals surface area contributed by atoms with Gasteiger partial charge in [-0.1, -0.05) is 13.8 Å². The highest BCUT2D eigenvalue weighted by molar-refractivity contribution is 9.10. The molecule has 1 heterocycles. The number of hydrogen-bond acceptors (Lipinski definition) is 2. The first-order valence-electron chi connectivity index (χ1n) is 4.08. The zero-order valence-electron chi connectivity index (χ0n) is 7.60. The number of carbonyl (C=O) groups is 1. The summed E-state index contributed by atoms with van der Waals surface area (Å²) in [5.41, 5.74) is 0.473. The van der Waals surface area contributed by atoms with Gasteiger partial charge in [-0.3, -0.25) is 9.89 Å². The van der Waals surface area contributed by atoms with Gasteiger partial charge in [-0.05, 0) is 21.8 Å². The first-order valence-corrected chi connectivity index (χ1v) is 4.87. The number of carbonyl (C=O) groups excluding carboxylic acids is 1. The number of hydrogen-bond donors (Lipinski definition) is 2. The lowest BCUT2D eigenvalue weighted by molar-refractivity contribution is 0.0943. The molecule has 0 spiro atoms. The fraction of sp³-hybridized carbons (Fsp3) is 0.500. The van der Waals surface area contributed by atoms with Crippen LogP contribution in [-0.2, 0) is 0 Å². The number of aromatic nitrogens is 2. The quantitative estimate of drug-likeness (QED) is 0.850. The molecule has 1 aromatic rings. The second-order valence-electron chi connectivity index (χ2n) is 3.20. The molecule has 0 saturated heterocycles. The highest BCUT2D eigenvalue weighted by atomic mass is 79.9. The van der Waals surface area contributed by atoms with Crippen molar-refractivity contribution in [2.45, 2.75) is 13.8 Å². The van der Waals surface area contributed by atoms with Gasteiger partial charge in [0.2, 0.25) is 0 Å². The van der Waals surface area contributed by atoms with Crippen LogP contribution in [0.4, 0.5) is 0 Å². The minimum atomic E-state index is -0.127. The number of H-pyrrole nitrogens is 1. The van der Waals surface area contributed by atoms with Crippen molar-refractivity contribution < 1.29 is 4.79 Å². The molecule has 0 aliphatic heterocycles. The topological polar surface area (TPSA) is 57.8 Å². The van der Waals surface area contributed by atoms with Crippen LogP contribution in [0.25, 0.3) is 0 Å². The van der Waals surface area contributed by atoms with Crippen LogP contribution in [0.2, 0.25) is 0 Å². The summed E-state index contributed by atoms with van der Waals surface area (Å²) in [5.74, 6) is 0.323. The van der Waals surface area contributed by atoms with Crippen molar-refractivity contribution >= 4 is 21.8 Å². The van der Waals surface area contributed by atoms with E-state index in [2.05, 4.69) is 31.4 Å². The lowest BCUT2D eigenvalue weighted by Crippen LogP contribution is -2.27. The van der Waals surface area contributed by atoms with Crippen LogP contribution in [0.3, 0.4) is 0 Å². The third-order valence-electron chi connectivity index (χ3n) is 1.49. The van der Waals surface area contributed by atoms with Crippen LogP contribution < -0.4 is 5.32 Å². The first-order chi connectivity index (χ1) is 6.11. The number of aromatic amines is 1. The van der Waals surface area contributed by atoms with E-state index < -0.39 is 0 Å². The van der Waals surface area contributed by atoms with Gasteiger partial charge in [0.1, 0.15) is 5.69 Å². The first kappa shape index (κ1) is 10.2. The molecule has 0 aliphatic rings. The molecule has 1 amide bonds. The Morgan fingerprint density at radius 2 is 2.46 bits per heavy atom. The molecular weight excluding hydrogens is 234 g/mol. The molecular formula is C8H12BrN3O.